The van der Waals surface area contributed by atoms with Crippen molar-refractivity contribution in [3.8, 4) is 0 Å². The Kier molecular flexibility index (Phi) is 3.20. The third-order valence-corrected chi connectivity index (χ3v) is 2.92. The largest absolute Gasteiger partial charge is 0.407 e. The van der Waals surface area contributed by atoms with Gasteiger partial charge in [-0.25, -0.2) is 0 Å². The summed E-state index contributed by atoms with van der Waals surface area (Å²) in [5.74, 6) is 0.418. The summed E-state index contributed by atoms with van der Waals surface area (Å²) in [6.07, 6.45) is 0. The second-order valence-corrected chi connectivity index (χ2v) is 4.56. The van der Waals surface area contributed by atoms with Crippen molar-refractivity contribution in [3.63, 3.8) is 0 Å². The maximum Gasteiger partial charge on any atom is 0.315 e. The molecule has 0 bridgehead atoms. The van der Waals surface area contributed by atoms with Crippen molar-refractivity contribution in [2.75, 3.05) is 5.32 Å². The summed E-state index contributed by atoms with van der Waals surface area (Å²) in [4.78, 5) is 1.10. The first-order chi connectivity index (χ1) is 7.28. The highest BCUT2D eigenvalue weighted by Gasteiger charge is 2.04. The zero-order valence-electron chi connectivity index (χ0n) is 7.74. The first-order valence-corrected chi connectivity index (χ1v) is 5.48. The van der Waals surface area contributed by atoms with Crippen LogP contribution in [0.4, 0.5) is 6.01 Å². The summed E-state index contributed by atoms with van der Waals surface area (Å²) < 4.78 is 5.94. The molecule has 0 fully saturated rings. The van der Waals surface area contributed by atoms with E-state index in [2.05, 4.69) is 15.5 Å². The third kappa shape index (κ3) is 2.68. The maximum atomic E-state index is 5.79. The molecule has 0 saturated carbocycles. The lowest BCUT2D eigenvalue weighted by atomic mass is 10.5. The molecule has 0 radical (unpaired) electrons. The summed E-state index contributed by atoms with van der Waals surface area (Å²) in [6.45, 7) is 0.864. The van der Waals surface area contributed by atoms with Gasteiger partial charge in [-0.05, 0) is 12.1 Å². The normalized spacial score (nSPS) is 10.5. The predicted octanol–water partition coefficient (Wildman–Crippen LogP) is 1.86. The Labute approximate surface area is 95.3 Å². The van der Waals surface area contributed by atoms with E-state index in [1.807, 2.05) is 12.1 Å². The van der Waals surface area contributed by atoms with Gasteiger partial charge >= 0.3 is 6.01 Å². The van der Waals surface area contributed by atoms with Gasteiger partial charge in [-0.1, -0.05) is 16.7 Å². The van der Waals surface area contributed by atoms with Gasteiger partial charge in [0.1, 0.15) is 0 Å². The van der Waals surface area contributed by atoms with Gasteiger partial charge in [0.25, 0.3) is 0 Å². The number of anilines is 1. The van der Waals surface area contributed by atoms with Crippen LogP contribution in [0.15, 0.2) is 16.5 Å². The van der Waals surface area contributed by atoms with Crippen LogP contribution in [-0.4, -0.2) is 10.2 Å². The zero-order chi connectivity index (χ0) is 10.7. The summed E-state index contributed by atoms with van der Waals surface area (Å²) >= 11 is 7.30. The molecular formula is C8H9ClN4OS. The Hall–Kier alpha value is -1.11. The molecule has 0 aliphatic carbocycles. The van der Waals surface area contributed by atoms with Crippen molar-refractivity contribution in [1.82, 2.24) is 10.2 Å². The fourth-order valence-electron chi connectivity index (χ4n) is 1.02. The van der Waals surface area contributed by atoms with Crippen molar-refractivity contribution in [2.45, 2.75) is 13.1 Å². The van der Waals surface area contributed by atoms with E-state index in [1.165, 1.54) is 11.3 Å². The number of nitrogens with two attached hydrogens (primary N) is 1. The molecule has 0 aliphatic heterocycles. The molecule has 0 spiro atoms. The topological polar surface area (TPSA) is 77.0 Å². The molecule has 5 nitrogen and oxygen atoms in total. The van der Waals surface area contributed by atoms with Gasteiger partial charge in [0, 0.05) is 4.88 Å². The molecule has 0 unspecified atom stereocenters. The number of nitrogens with one attached hydrogen (secondary N) is 1. The summed E-state index contributed by atoms with van der Waals surface area (Å²) in [5.41, 5.74) is 5.33. The van der Waals surface area contributed by atoms with Gasteiger partial charge in [-0.3, -0.25) is 0 Å². The van der Waals surface area contributed by atoms with Crippen LogP contribution in [0.25, 0.3) is 0 Å². The third-order valence-electron chi connectivity index (χ3n) is 1.68. The van der Waals surface area contributed by atoms with E-state index < -0.39 is 0 Å². The quantitative estimate of drug-likeness (QED) is 0.858. The molecule has 2 heterocycles. The van der Waals surface area contributed by atoms with Crippen molar-refractivity contribution < 1.29 is 4.42 Å². The van der Waals surface area contributed by atoms with Gasteiger partial charge < -0.3 is 15.5 Å². The summed E-state index contributed by atoms with van der Waals surface area (Å²) in [7, 11) is 0. The molecule has 0 atom stereocenters. The minimum absolute atomic E-state index is 0.250. The van der Waals surface area contributed by atoms with E-state index in [1.54, 1.807) is 0 Å². The Morgan fingerprint density at radius 2 is 2.33 bits per heavy atom. The molecular weight excluding hydrogens is 236 g/mol. The minimum Gasteiger partial charge on any atom is -0.407 e. The zero-order valence-corrected chi connectivity index (χ0v) is 9.31. The van der Waals surface area contributed by atoms with E-state index in [9.17, 15) is 0 Å². The fraction of sp³-hybridized carbons (Fsp3) is 0.250. The first-order valence-electron chi connectivity index (χ1n) is 4.28. The lowest BCUT2D eigenvalue weighted by molar-refractivity contribution is 0.507. The Morgan fingerprint density at radius 1 is 1.47 bits per heavy atom. The van der Waals surface area contributed by atoms with Crippen molar-refractivity contribution in [1.29, 1.82) is 0 Å². The summed E-state index contributed by atoms with van der Waals surface area (Å²) in [5, 5.41) is 10.5. The number of halogens is 1. The smallest absolute Gasteiger partial charge is 0.315 e. The molecule has 0 aromatic carbocycles. The number of hydrogen-bond donors (Lipinski definition) is 2. The van der Waals surface area contributed by atoms with Gasteiger partial charge in [0.2, 0.25) is 5.89 Å². The van der Waals surface area contributed by atoms with E-state index in [0.29, 0.717) is 18.5 Å². The standard InChI is InChI=1S/C8H9ClN4OS/c9-6-2-1-5(15-6)4-11-8-13-12-7(3-10)14-8/h1-2H,3-4,10H2,(H,11,13). The molecule has 0 amide bonds. The molecule has 2 aromatic rings. The van der Waals surface area contributed by atoms with Crippen molar-refractivity contribution in [3.05, 3.63) is 27.2 Å². The highest BCUT2D eigenvalue weighted by atomic mass is 35.5. The van der Waals surface area contributed by atoms with Crippen LogP contribution >= 0.6 is 22.9 Å². The van der Waals surface area contributed by atoms with Crippen LogP contribution in [0.1, 0.15) is 10.8 Å². The molecule has 3 N–H and O–H groups in total. The number of nitrogens with zero attached hydrogens (tertiary/aromatic N) is 2. The van der Waals surface area contributed by atoms with Crippen LogP contribution in [0.2, 0.25) is 4.34 Å². The van der Waals surface area contributed by atoms with Crippen LogP contribution in [0, 0.1) is 0 Å². The fourth-order valence-corrected chi connectivity index (χ4v) is 2.04. The molecule has 2 rings (SSSR count). The maximum absolute atomic E-state index is 5.79. The number of thiophene rings is 1. The average molecular weight is 245 g/mol. The van der Waals surface area contributed by atoms with Gasteiger partial charge in [-0.2, -0.15) is 0 Å². The second kappa shape index (κ2) is 4.61. The average Bonchev–Trinajstić information content (AvgIpc) is 2.83. The van der Waals surface area contributed by atoms with Crippen LogP contribution in [-0.2, 0) is 13.1 Å². The number of aromatic nitrogens is 2. The van der Waals surface area contributed by atoms with Crippen LogP contribution in [0.3, 0.4) is 0 Å². The van der Waals surface area contributed by atoms with E-state index in [0.717, 1.165) is 9.21 Å². The molecule has 0 aliphatic rings. The molecule has 0 saturated heterocycles. The SMILES string of the molecule is NCc1nnc(NCc2ccc(Cl)s2)o1. The van der Waals surface area contributed by atoms with Crippen LogP contribution < -0.4 is 11.1 Å². The highest BCUT2D eigenvalue weighted by molar-refractivity contribution is 7.16. The van der Waals surface area contributed by atoms with E-state index >= 15 is 0 Å². The number of hydrogen-bond acceptors (Lipinski definition) is 6. The lowest BCUT2D eigenvalue weighted by Gasteiger charge is -1.96. The van der Waals surface area contributed by atoms with Crippen molar-refractivity contribution in [2.24, 2.45) is 5.73 Å². The Morgan fingerprint density at radius 3 is 2.93 bits per heavy atom. The van der Waals surface area contributed by atoms with E-state index in [4.69, 9.17) is 21.8 Å². The molecule has 2 aromatic heterocycles. The summed E-state index contributed by atoms with van der Waals surface area (Å²) in [6, 6.07) is 4.17. The van der Waals surface area contributed by atoms with E-state index in [-0.39, 0.29) is 6.54 Å². The predicted molar refractivity (Wildman–Crippen MR) is 58.8 cm³/mol. The Balaban J connectivity index is 1.93. The first kappa shape index (κ1) is 10.4. The number of rotatable bonds is 4. The second-order valence-electron chi connectivity index (χ2n) is 2.76. The van der Waals surface area contributed by atoms with Gasteiger partial charge in [-0.15, -0.1) is 16.4 Å². The van der Waals surface area contributed by atoms with Crippen molar-refractivity contribution >= 4 is 29.0 Å². The highest BCUT2D eigenvalue weighted by Crippen LogP contribution is 2.22. The van der Waals surface area contributed by atoms with Crippen LogP contribution in [0.5, 0.6) is 0 Å². The molecule has 80 valence electrons. The molecule has 7 heteroatoms. The lowest BCUT2D eigenvalue weighted by Crippen LogP contribution is -1.97. The Bertz CT molecular complexity index is 441. The monoisotopic (exact) mass is 244 g/mol. The van der Waals surface area contributed by atoms with Gasteiger partial charge in [0.05, 0.1) is 17.4 Å². The molecule has 15 heavy (non-hydrogen) atoms. The van der Waals surface area contributed by atoms with Gasteiger partial charge in [0.15, 0.2) is 0 Å². The minimum atomic E-state index is 0.250.